The van der Waals surface area contributed by atoms with E-state index in [0.717, 1.165) is 12.2 Å². The number of nitro benzene ring substituents is 1. The minimum absolute atomic E-state index is 0.0546. The standard InChI is InChI=1S/C11H15N3O3S/c1-18-6-2-5-13-11(15)8-3-4-9(12)10(7-8)14(16)17/h3-4,7H,2,5-6,12H2,1H3,(H,13,15). The van der Waals surface area contributed by atoms with Crippen LogP contribution < -0.4 is 11.1 Å². The lowest BCUT2D eigenvalue weighted by molar-refractivity contribution is -0.383. The molecule has 0 atom stereocenters. The molecular formula is C11H15N3O3S. The Hall–Kier alpha value is -1.76. The Labute approximate surface area is 109 Å². The van der Waals surface area contributed by atoms with Gasteiger partial charge in [-0.25, -0.2) is 0 Å². The number of hydrogen-bond acceptors (Lipinski definition) is 5. The molecule has 0 spiro atoms. The second kappa shape index (κ2) is 6.85. The fourth-order valence-corrected chi connectivity index (χ4v) is 1.80. The Morgan fingerprint density at radius 3 is 2.89 bits per heavy atom. The second-order valence-corrected chi connectivity index (χ2v) is 4.62. The van der Waals surface area contributed by atoms with Crippen molar-refractivity contribution in [3.63, 3.8) is 0 Å². The number of thioether (sulfide) groups is 1. The molecule has 0 unspecified atom stereocenters. The van der Waals surface area contributed by atoms with Crippen LogP contribution in [-0.2, 0) is 0 Å². The smallest absolute Gasteiger partial charge is 0.292 e. The van der Waals surface area contributed by atoms with Crippen LogP contribution in [0.25, 0.3) is 0 Å². The number of hydrogen-bond donors (Lipinski definition) is 2. The molecule has 0 saturated carbocycles. The Kier molecular flexibility index (Phi) is 5.44. The molecule has 0 fully saturated rings. The second-order valence-electron chi connectivity index (χ2n) is 3.63. The van der Waals surface area contributed by atoms with E-state index in [1.165, 1.54) is 18.2 Å². The highest BCUT2D eigenvalue weighted by Crippen LogP contribution is 2.22. The highest BCUT2D eigenvalue weighted by molar-refractivity contribution is 7.98. The molecule has 0 bridgehead atoms. The zero-order valence-corrected chi connectivity index (χ0v) is 10.8. The fourth-order valence-electron chi connectivity index (χ4n) is 1.36. The number of nitro groups is 1. The molecule has 0 aliphatic heterocycles. The number of nitrogen functional groups attached to an aromatic ring is 1. The summed E-state index contributed by atoms with van der Waals surface area (Å²) in [4.78, 5) is 21.8. The molecule has 1 aromatic carbocycles. The Bertz CT molecular complexity index is 451. The number of rotatable bonds is 6. The molecule has 1 rings (SSSR count). The number of amides is 1. The molecule has 18 heavy (non-hydrogen) atoms. The van der Waals surface area contributed by atoms with Crippen molar-refractivity contribution in [2.75, 3.05) is 24.3 Å². The number of carbonyl (C=O) groups is 1. The zero-order chi connectivity index (χ0) is 13.5. The molecule has 6 nitrogen and oxygen atoms in total. The third-order valence-electron chi connectivity index (χ3n) is 2.30. The molecule has 0 radical (unpaired) electrons. The Morgan fingerprint density at radius 1 is 1.56 bits per heavy atom. The zero-order valence-electron chi connectivity index (χ0n) is 10.0. The van der Waals surface area contributed by atoms with Gasteiger partial charge in [-0.2, -0.15) is 11.8 Å². The van der Waals surface area contributed by atoms with Crippen molar-refractivity contribution in [2.45, 2.75) is 6.42 Å². The molecular weight excluding hydrogens is 254 g/mol. The van der Waals surface area contributed by atoms with E-state index >= 15 is 0 Å². The van der Waals surface area contributed by atoms with Crippen LogP contribution in [0.4, 0.5) is 11.4 Å². The number of nitrogens with two attached hydrogens (primary N) is 1. The fraction of sp³-hybridized carbons (Fsp3) is 0.364. The maximum Gasteiger partial charge on any atom is 0.292 e. The van der Waals surface area contributed by atoms with Gasteiger partial charge in [-0.05, 0) is 30.6 Å². The molecule has 98 valence electrons. The summed E-state index contributed by atoms with van der Waals surface area (Å²) in [6.07, 6.45) is 2.86. The summed E-state index contributed by atoms with van der Waals surface area (Å²) in [6.45, 7) is 0.553. The quantitative estimate of drug-likeness (QED) is 0.354. The van der Waals surface area contributed by atoms with E-state index in [0.29, 0.717) is 6.54 Å². The van der Waals surface area contributed by atoms with Gasteiger partial charge in [0.15, 0.2) is 0 Å². The molecule has 0 aromatic heterocycles. The maximum atomic E-state index is 11.7. The summed E-state index contributed by atoms with van der Waals surface area (Å²) in [5.41, 5.74) is 5.51. The molecule has 3 N–H and O–H groups in total. The van der Waals surface area contributed by atoms with Crippen LogP contribution in [0.2, 0.25) is 0 Å². The monoisotopic (exact) mass is 269 g/mol. The molecule has 7 heteroatoms. The van der Waals surface area contributed by atoms with Crippen molar-refractivity contribution in [3.8, 4) is 0 Å². The van der Waals surface area contributed by atoms with Crippen molar-refractivity contribution in [1.29, 1.82) is 0 Å². The lowest BCUT2D eigenvalue weighted by Crippen LogP contribution is -2.24. The largest absolute Gasteiger partial charge is 0.393 e. The van der Waals surface area contributed by atoms with Gasteiger partial charge in [-0.3, -0.25) is 14.9 Å². The predicted molar refractivity (Wildman–Crippen MR) is 72.8 cm³/mol. The third-order valence-corrected chi connectivity index (χ3v) is 3.00. The van der Waals surface area contributed by atoms with Gasteiger partial charge < -0.3 is 11.1 Å². The molecule has 0 heterocycles. The van der Waals surface area contributed by atoms with Gasteiger partial charge in [0.2, 0.25) is 0 Å². The van der Waals surface area contributed by atoms with Crippen LogP contribution in [0.15, 0.2) is 18.2 Å². The lowest BCUT2D eigenvalue weighted by Gasteiger charge is -2.05. The van der Waals surface area contributed by atoms with Gasteiger partial charge in [0.25, 0.3) is 11.6 Å². The topological polar surface area (TPSA) is 98.3 Å². The van der Waals surface area contributed by atoms with Gasteiger partial charge in [-0.15, -0.1) is 0 Å². The van der Waals surface area contributed by atoms with E-state index < -0.39 is 4.92 Å². The average molecular weight is 269 g/mol. The molecule has 1 aromatic rings. The highest BCUT2D eigenvalue weighted by atomic mass is 32.2. The Balaban J connectivity index is 2.68. The van der Waals surface area contributed by atoms with Crippen LogP contribution in [0.1, 0.15) is 16.8 Å². The maximum absolute atomic E-state index is 11.7. The predicted octanol–water partition coefficient (Wildman–Crippen LogP) is 1.66. The summed E-state index contributed by atoms with van der Waals surface area (Å²) < 4.78 is 0. The molecule has 1 amide bonds. The van der Waals surface area contributed by atoms with Gasteiger partial charge in [0.1, 0.15) is 5.69 Å². The molecule has 0 saturated heterocycles. The third kappa shape index (κ3) is 3.92. The van der Waals surface area contributed by atoms with Gasteiger partial charge >= 0.3 is 0 Å². The van der Waals surface area contributed by atoms with E-state index in [9.17, 15) is 14.9 Å². The summed E-state index contributed by atoms with van der Waals surface area (Å²) in [6, 6.07) is 4.04. The summed E-state index contributed by atoms with van der Waals surface area (Å²) in [7, 11) is 0. The van der Waals surface area contributed by atoms with Gasteiger partial charge in [-0.1, -0.05) is 0 Å². The lowest BCUT2D eigenvalue weighted by atomic mass is 10.1. The van der Waals surface area contributed by atoms with Crippen LogP contribution in [0.5, 0.6) is 0 Å². The summed E-state index contributed by atoms with van der Waals surface area (Å²) in [5.74, 6) is 0.640. The number of nitrogens with one attached hydrogen (secondary N) is 1. The first-order chi connectivity index (χ1) is 8.56. The Morgan fingerprint density at radius 2 is 2.28 bits per heavy atom. The molecule has 0 aliphatic rings. The average Bonchev–Trinajstić information content (AvgIpc) is 2.34. The summed E-state index contributed by atoms with van der Waals surface area (Å²) >= 11 is 1.70. The normalized spacial score (nSPS) is 10.1. The van der Waals surface area contributed by atoms with Crippen molar-refractivity contribution in [1.82, 2.24) is 5.32 Å². The van der Waals surface area contributed by atoms with E-state index in [4.69, 9.17) is 5.73 Å². The number of nitrogens with zero attached hydrogens (tertiary/aromatic N) is 1. The number of anilines is 1. The van der Waals surface area contributed by atoms with E-state index in [1.54, 1.807) is 11.8 Å². The van der Waals surface area contributed by atoms with Crippen LogP contribution in [-0.4, -0.2) is 29.4 Å². The summed E-state index contributed by atoms with van der Waals surface area (Å²) in [5, 5.41) is 13.4. The van der Waals surface area contributed by atoms with E-state index in [2.05, 4.69) is 5.32 Å². The number of benzene rings is 1. The van der Waals surface area contributed by atoms with E-state index in [-0.39, 0.29) is 22.8 Å². The van der Waals surface area contributed by atoms with Crippen molar-refractivity contribution in [3.05, 3.63) is 33.9 Å². The first-order valence-corrected chi connectivity index (χ1v) is 6.76. The van der Waals surface area contributed by atoms with Crippen molar-refractivity contribution < 1.29 is 9.72 Å². The van der Waals surface area contributed by atoms with Gasteiger partial charge in [0.05, 0.1) is 4.92 Å². The van der Waals surface area contributed by atoms with Crippen LogP contribution >= 0.6 is 11.8 Å². The first kappa shape index (κ1) is 14.3. The van der Waals surface area contributed by atoms with Crippen molar-refractivity contribution in [2.24, 2.45) is 0 Å². The van der Waals surface area contributed by atoms with Crippen LogP contribution in [0.3, 0.4) is 0 Å². The molecule has 0 aliphatic carbocycles. The van der Waals surface area contributed by atoms with Crippen molar-refractivity contribution >= 4 is 29.0 Å². The minimum atomic E-state index is -0.597. The van der Waals surface area contributed by atoms with Gasteiger partial charge in [0, 0.05) is 18.2 Å². The van der Waals surface area contributed by atoms with Crippen LogP contribution in [0, 0.1) is 10.1 Å². The minimum Gasteiger partial charge on any atom is -0.393 e. The SMILES string of the molecule is CSCCCNC(=O)c1ccc(N)c([N+](=O)[O-])c1. The van der Waals surface area contributed by atoms with E-state index in [1.807, 2.05) is 6.26 Å². The first-order valence-electron chi connectivity index (χ1n) is 5.37. The number of carbonyl (C=O) groups excluding carboxylic acids is 1. The highest BCUT2D eigenvalue weighted by Gasteiger charge is 2.15.